The molecule has 0 amide bonds. The zero-order valence-corrected chi connectivity index (χ0v) is 17.9. The molecule has 0 heterocycles. The minimum Gasteiger partial charge on any atom is -0.388 e. The first-order valence-electron chi connectivity index (χ1n) is 10.8. The molecule has 6 atom stereocenters. The highest BCUT2D eigenvalue weighted by atomic mass is 16.4. The summed E-state index contributed by atoms with van der Waals surface area (Å²) in [5.41, 5.74) is 0.270. The van der Waals surface area contributed by atoms with E-state index >= 15 is 0 Å². The fourth-order valence-electron chi connectivity index (χ4n) is 6.84. The molecule has 0 aromatic carbocycles. The van der Waals surface area contributed by atoms with Gasteiger partial charge >= 0.3 is 0 Å². The van der Waals surface area contributed by atoms with E-state index in [9.17, 15) is 9.59 Å². The predicted molar refractivity (Wildman–Crippen MR) is 106 cm³/mol. The number of hydrogen-bond donors (Lipinski definition) is 0. The summed E-state index contributed by atoms with van der Waals surface area (Å²) in [6.07, 6.45) is 9.53. The van der Waals surface area contributed by atoms with Crippen molar-refractivity contribution in [2.45, 2.75) is 85.5 Å². The van der Waals surface area contributed by atoms with E-state index in [-0.39, 0.29) is 10.8 Å². The molecular formula is C23H40O3. The molecule has 4 aliphatic carbocycles. The lowest BCUT2D eigenvalue weighted by molar-refractivity contribution is -0.140. The van der Waals surface area contributed by atoms with Gasteiger partial charge in [-0.2, -0.15) is 0 Å². The normalized spacial score (nSPS) is 43.8. The highest BCUT2D eigenvalue weighted by molar-refractivity contribution is 5.87. The van der Waals surface area contributed by atoms with Gasteiger partial charge in [0.15, 0.2) is 0 Å². The van der Waals surface area contributed by atoms with Crippen molar-refractivity contribution < 1.29 is 14.3 Å². The number of Topliss-reactive ketones (excluding diaryl/α,β-unsaturated/α-hetero) is 2. The van der Waals surface area contributed by atoms with E-state index in [1.807, 2.05) is 13.8 Å². The highest BCUT2D eigenvalue weighted by Crippen LogP contribution is 2.63. The molecule has 26 heavy (non-hydrogen) atoms. The van der Waals surface area contributed by atoms with Crippen LogP contribution < -0.4 is 0 Å². The van der Waals surface area contributed by atoms with Crippen LogP contribution >= 0.6 is 0 Å². The minimum atomic E-state index is -0.000601. The van der Waals surface area contributed by atoms with Crippen LogP contribution in [0.3, 0.4) is 0 Å². The first-order valence-corrected chi connectivity index (χ1v) is 10.8. The number of ketones is 2. The van der Waals surface area contributed by atoms with Crippen LogP contribution in [0.25, 0.3) is 0 Å². The molecule has 0 spiro atoms. The largest absolute Gasteiger partial charge is 0.388 e. The van der Waals surface area contributed by atoms with Crippen molar-refractivity contribution in [3.63, 3.8) is 0 Å². The highest BCUT2D eigenvalue weighted by Gasteiger charge is 2.59. The monoisotopic (exact) mass is 364 g/mol. The molecule has 150 valence electrons. The van der Waals surface area contributed by atoms with Gasteiger partial charge in [0.05, 0.1) is 0 Å². The van der Waals surface area contributed by atoms with Gasteiger partial charge in [-0.05, 0) is 67.6 Å². The SMILES string of the molecule is CC.CC12CCC3C(CC[C@]4(C)CC(=O)CCC34)C1CCC2=O.COC. The molecule has 0 aromatic rings. The maximum Gasteiger partial charge on any atom is 0.139 e. The Morgan fingerprint density at radius 2 is 1.38 bits per heavy atom. The zero-order chi connectivity index (χ0) is 19.5. The second-order valence-corrected chi connectivity index (χ2v) is 9.31. The summed E-state index contributed by atoms with van der Waals surface area (Å²) in [6, 6.07) is 0. The third kappa shape index (κ3) is 3.66. The van der Waals surface area contributed by atoms with E-state index in [1.165, 1.54) is 19.3 Å². The third-order valence-electron chi connectivity index (χ3n) is 8.00. The van der Waals surface area contributed by atoms with Gasteiger partial charge in [-0.25, -0.2) is 0 Å². The first-order chi connectivity index (χ1) is 12.4. The molecule has 4 rings (SSSR count). The molecule has 0 N–H and O–H groups in total. The van der Waals surface area contributed by atoms with Crippen LogP contribution in [-0.4, -0.2) is 25.8 Å². The molecule has 0 bridgehead atoms. The number of carbonyl (C=O) groups excluding carboxylic acids is 2. The Balaban J connectivity index is 0.000000444. The molecule has 0 saturated heterocycles. The maximum absolute atomic E-state index is 12.3. The van der Waals surface area contributed by atoms with Crippen LogP contribution in [0.4, 0.5) is 0 Å². The fourth-order valence-corrected chi connectivity index (χ4v) is 6.84. The average molecular weight is 365 g/mol. The van der Waals surface area contributed by atoms with Gasteiger partial charge in [0.25, 0.3) is 0 Å². The second-order valence-electron chi connectivity index (χ2n) is 9.31. The van der Waals surface area contributed by atoms with Crippen molar-refractivity contribution in [1.29, 1.82) is 0 Å². The van der Waals surface area contributed by atoms with Crippen molar-refractivity contribution >= 4 is 11.6 Å². The van der Waals surface area contributed by atoms with E-state index in [1.54, 1.807) is 14.2 Å². The third-order valence-corrected chi connectivity index (χ3v) is 8.00. The Morgan fingerprint density at radius 1 is 0.846 bits per heavy atom. The molecule has 3 heteroatoms. The molecule has 4 saturated carbocycles. The van der Waals surface area contributed by atoms with Crippen molar-refractivity contribution in [3.8, 4) is 0 Å². The minimum absolute atomic E-state index is 0.000601. The summed E-state index contributed by atoms with van der Waals surface area (Å²) in [5.74, 6) is 3.98. The van der Waals surface area contributed by atoms with E-state index in [2.05, 4.69) is 18.6 Å². The van der Waals surface area contributed by atoms with Crippen molar-refractivity contribution in [2.24, 2.45) is 34.5 Å². The van der Waals surface area contributed by atoms with Crippen LogP contribution in [0.15, 0.2) is 0 Å². The summed E-state index contributed by atoms with van der Waals surface area (Å²) in [6.45, 7) is 8.62. The Kier molecular flexibility index (Phi) is 7.10. The molecule has 5 unspecified atom stereocenters. The van der Waals surface area contributed by atoms with Crippen LogP contribution in [0.1, 0.15) is 85.5 Å². The van der Waals surface area contributed by atoms with E-state index in [0.29, 0.717) is 17.5 Å². The maximum atomic E-state index is 12.3. The van der Waals surface area contributed by atoms with Gasteiger partial charge in [0.1, 0.15) is 11.6 Å². The molecule has 3 nitrogen and oxygen atoms in total. The van der Waals surface area contributed by atoms with Crippen molar-refractivity contribution in [1.82, 2.24) is 0 Å². The van der Waals surface area contributed by atoms with Crippen molar-refractivity contribution in [3.05, 3.63) is 0 Å². The molecule has 0 aliphatic heterocycles. The number of ether oxygens (including phenoxy) is 1. The Bertz CT molecular complexity index is 514. The number of methoxy groups -OCH3 is 1. The molecule has 0 radical (unpaired) electrons. The van der Waals surface area contributed by atoms with Crippen LogP contribution in [0.5, 0.6) is 0 Å². The standard InChI is InChI=1S/C19H28O2.C2H6O.C2H6/c1-18-9-7-14-13(15(18)4-3-12(20)11-18)8-10-19(2)16(14)5-6-17(19)21;1-3-2;1-2/h13-16H,3-11H2,1-2H3;1-2H3;1-2H3/t13?,14?,15?,16?,18-,19?;;/m1../s1. The summed E-state index contributed by atoms with van der Waals surface area (Å²) in [7, 11) is 3.25. The van der Waals surface area contributed by atoms with Crippen LogP contribution in [0.2, 0.25) is 0 Å². The van der Waals surface area contributed by atoms with Gasteiger partial charge in [0, 0.05) is 38.9 Å². The van der Waals surface area contributed by atoms with E-state index in [4.69, 9.17) is 0 Å². The molecule has 4 fully saturated rings. The smallest absolute Gasteiger partial charge is 0.139 e. The Labute approximate surface area is 160 Å². The van der Waals surface area contributed by atoms with Crippen LogP contribution in [0, 0.1) is 34.5 Å². The van der Waals surface area contributed by atoms with E-state index < -0.39 is 0 Å². The molecule has 0 aromatic heterocycles. The lowest BCUT2D eigenvalue weighted by atomic mass is 9.47. The topological polar surface area (TPSA) is 43.4 Å². The Hall–Kier alpha value is -0.700. The van der Waals surface area contributed by atoms with Gasteiger partial charge in [-0.1, -0.05) is 27.7 Å². The summed E-state index contributed by atoms with van der Waals surface area (Å²) in [5, 5.41) is 0. The number of carbonyl (C=O) groups is 2. The fraction of sp³-hybridized carbons (Fsp3) is 0.913. The van der Waals surface area contributed by atoms with Gasteiger partial charge < -0.3 is 4.74 Å². The molecule has 4 aliphatic rings. The van der Waals surface area contributed by atoms with E-state index in [0.717, 1.165) is 56.3 Å². The summed E-state index contributed by atoms with van der Waals surface area (Å²) in [4.78, 5) is 24.3. The average Bonchev–Trinajstić information content (AvgIpc) is 2.91. The number of hydrogen-bond acceptors (Lipinski definition) is 3. The predicted octanol–water partition coefficient (Wildman–Crippen LogP) is 5.46. The second kappa shape index (κ2) is 8.54. The zero-order valence-electron chi connectivity index (χ0n) is 17.9. The van der Waals surface area contributed by atoms with Gasteiger partial charge in [-0.3, -0.25) is 9.59 Å². The first kappa shape index (κ1) is 21.6. The summed E-state index contributed by atoms with van der Waals surface area (Å²) >= 11 is 0. The number of rotatable bonds is 0. The Morgan fingerprint density at radius 3 is 2.04 bits per heavy atom. The lowest BCUT2D eigenvalue weighted by Gasteiger charge is -2.57. The summed E-state index contributed by atoms with van der Waals surface area (Å²) < 4.78 is 4.25. The van der Waals surface area contributed by atoms with Gasteiger partial charge in [0.2, 0.25) is 0 Å². The molecular weight excluding hydrogens is 324 g/mol. The number of fused-ring (bicyclic) bond motifs is 5. The quantitative estimate of drug-likeness (QED) is 0.573. The lowest BCUT2D eigenvalue weighted by Crippen LogP contribution is -2.52. The van der Waals surface area contributed by atoms with Gasteiger partial charge in [-0.15, -0.1) is 0 Å². The van der Waals surface area contributed by atoms with Crippen molar-refractivity contribution in [2.75, 3.05) is 14.2 Å². The van der Waals surface area contributed by atoms with Crippen LogP contribution in [-0.2, 0) is 14.3 Å².